The Kier molecular flexibility index (Phi) is 6.51. The molecule has 0 aliphatic rings. The fourth-order valence-corrected chi connectivity index (χ4v) is 4.44. The summed E-state index contributed by atoms with van der Waals surface area (Å²) in [6.45, 7) is 0.207. The molecule has 0 bridgehead atoms. The lowest BCUT2D eigenvalue weighted by Gasteiger charge is -2.18. The second-order valence-electron chi connectivity index (χ2n) is 8.63. The lowest BCUT2D eigenvalue weighted by Crippen LogP contribution is -2.19. The first-order valence-electron chi connectivity index (χ1n) is 11.8. The lowest BCUT2D eigenvalue weighted by atomic mass is 10.0. The predicted octanol–water partition coefficient (Wildman–Crippen LogP) is 4.27. The van der Waals surface area contributed by atoms with Gasteiger partial charge in [0.15, 0.2) is 11.6 Å². The Bertz CT molecular complexity index is 1840. The van der Waals surface area contributed by atoms with Crippen molar-refractivity contribution in [3.63, 3.8) is 0 Å². The van der Waals surface area contributed by atoms with Crippen LogP contribution >= 0.6 is 11.6 Å². The van der Waals surface area contributed by atoms with Crippen molar-refractivity contribution in [2.24, 2.45) is 0 Å². The molecule has 0 unspecified atom stereocenters. The number of tetrazole rings is 1. The Balaban J connectivity index is 1.39. The van der Waals surface area contributed by atoms with Crippen molar-refractivity contribution in [3.05, 3.63) is 108 Å². The van der Waals surface area contributed by atoms with Crippen LogP contribution in [0.4, 0.5) is 8.78 Å². The van der Waals surface area contributed by atoms with Gasteiger partial charge in [0.05, 0.1) is 41.5 Å². The van der Waals surface area contributed by atoms with Crippen LogP contribution in [0, 0.1) is 23.0 Å². The maximum absolute atomic E-state index is 15.2. The van der Waals surface area contributed by atoms with Crippen molar-refractivity contribution in [3.8, 4) is 34.0 Å². The molecule has 0 amide bonds. The summed E-state index contributed by atoms with van der Waals surface area (Å²) in [7, 11) is 0. The molecule has 0 N–H and O–H groups in total. The third-order valence-corrected chi connectivity index (χ3v) is 6.47. The molecule has 6 rings (SSSR count). The Labute approximate surface area is 229 Å². The van der Waals surface area contributed by atoms with E-state index in [1.807, 2.05) is 6.07 Å². The molecular weight excluding hydrogens is 540 g/mol. The fraction of sp³-hybridized carbons (Fsp3) is 0.0769. The number of aromatic nitrogens is 10. The molecule has 1 aromatic carbocycles. The maximum atomic E-state index is 15.2. The smallest absolute Gasteiger partial charge is 0.161 e. The highest BCUT2D eigenvalue weighted by Gasteiger charge is 2.21. The first-order valence-corrected chi connectivity index (χ1v) is 12.1. The molecule has 1 atom stereocenters. The Morgan fingerprint density at radius 1 is 0.950 bits per heavy atom. The second kappa shape index (κ2) is 10.4. The van der Waals surface area contributed by atoms with Crippen LogP contribution in [0.25, 0.3) is 27.9 Å². The van der Waals surface area contributed by atoms with Gasteiger partial charge in [0.2, 0.25) is 0 Å². The number of hydrogen-bond acceptors (Lipinski definition) is 8. The van der Waals surface area contributed by atoms with Gasteiger partial charge in [-0.1, -0.05) is 17.7 Å². The number of pyridine rings is 2. The third kappa shape index (κ3) is 4.79. The van der Waals surface area contributed by atoms with Crippen LogP contribution in [-0.2, 0) is 6.54 Å². The van der Waals surface area contributed by atoms with Gasteiger partial charge < -0.3 is 0 Å². The standard InChI is InChI=1S/C26H16ClF2N11/c27-21-2-4-23(40-15-33-36-37-40)25(26(21)29)17-1-3-22(32-9-17)24(14-38-13-19(28)11-34-38)39-12-18(10-35-39)16-5-6-31-20(7-16)8-30/h1-7,9-13,15,24H,14H2/t24-/m0/s1. The van der Waals surface area contributed by atoms with E-state index in [2.05, 4.69) is 35.7 Å². The zero-order valence-electron chi connectivity index (χ0n) is 20.3. The van der Waals surface area contributed by atoms with Gasteiger partial charge in [0.1, 0.15) is 24.1 Å². The predicted molar refractivity (Wildman–Crippen MR) is 138 cm³/mol. The number of rotatable bonds is 7. The van der Waals surface area contributed by atoms with E-state index in [-0.39, 0.29) is 22.8 Å². The molecule has 0 radical (unpaired) electrons. The minimum Gasteiger partial charge on any atom is -0.267 e. The number of nitriles is 1. The topological polar surface area (TPSA) is 129 Å². The summed E-state index contributed by atoms with van der Waals surface area (Å²) >= 11 is 6.09. The molecule has 0 saturated heterocycles. The van der Waals surface area contributed by atoms with Crippen molar-refractivity contribution in [2.45, 2.75) is 12.6 Å². The van der Waals surface area contributed by atoms with E-state index >= 15 is 4.39 Å². The van der Waals surface area contributed by atoms with Gasteiger partial charge in [-0.15, -0.1) is 5.10 Å². The third-order valence-electron chi connectivity index (χ3n) is 6.18. The van der Waals surface area contributed by atoms with Crippen molar-refractivity contribution in [1.82, 2.24) is 49.7 Å². The van der Waals surface area contributed by atoms with Crippen LogP contribution in [0.2, 0.25) is 5.02 Å². The Morgan fingerprint density at radius 3 is 2.58 bits per heavy atom. The Morgan fingerprint density at radius 2 is 1.85 bits per heavy atom. The Hall–Kier alpha value is -5.35. The van der Waals surface area contributed by atoms with Crippen LogP contribution in [0.5, 0.6) is 0 Å². The largest absolute Gasteiger partial charge is 0.267 e. The van der Waals surface area contributed by atoms with Crippen LogP contribution in [-0.4, -0.2) is 49.7 Å². The quantitative estimate of drug-likeness (QED) is 0.285. The molecule has 196 valence electrons. The van der Waals surface area contributed by atoms with Crippen LogP contribution < -0.4 is 0 Å². The molecule has 0 aliphatic carbocycles. The molecule has 0 fully saturated rings. The molecule has 40 heavy (non-hydrogen) atoms. The molecule has 14 heteroatoms. The van der Waals surface area contributed by atoms with E-state index in [1.54, 1.807) is 53.6 Å². The molecule has 5 heterocycles. The zero-order valence-corrected chi connectivity index (χ0v) is 21.1. The summed E-state index contributed by atoms with van der Waals surface area (Å²) < 4.78 is 33.4. The second-order valence-corrected chi connectivity index (χ2v) is 9.04. The highest BCUT2D eigenvalue weighted by Crippen LogP contribution is 2.34. The molecule has 0 aliphatic heterocycles. The van der Waals surface area contributed by atoms with E-state index in [1.165, 1.54) is 34.2 Å². The van der Waals surface area contributed by atoms with Gasteiger partial charge in [-0.2, -0.15) is 20.1 Å². The van der Waals surface area contributed by atoms with Gasteiger partial charge in [-0.05, 0) is 46.3 Å². The van der Waals surface area contributed by atoms with Crippen molar-refractivity contribution in [1.29, 1.82) is 5.26 Å². The fourth-order valence-electron chi connectivity index (χ4n) is 4.28. The minimum atomic E-state index is -0.640. The monoisotopic (exact) mass is 555 g/mol. The SMILES string of the molecule is N#Cc1cc(-c2cnn([C@@H](Cn3cc(F)cn3)c3ccc(-c4c(-n5cnnn5)ccc(Cl)c4F)cn3)c2)ccn1. The summed E-state index contributed by atoms with van der Waals surface area (Å²) in [5.74, 6) is -1.12. The van der Waals surface area contributed by atoms with Crippen LogP contribution in [0.1, 0.15) is 17.4 Å². The number of halogens is 3. The summed E-state index contributed by atoms with van der Waals surface area (Å²) in [6, 6.07) is 11.4. The molecular formula is C26H16ClF2N11. The van der Waals surface area contributed by atoms with Crippen LogP contribution in [0.15, 0.2) is 79.9 Å². The molecule has 0 spiro atoms. The molecule has 11 nitrogen and oxygen atoms in total. The van der Waals surface area contributed by atoms with Crippen molar-refractivity contribution >= 4 is 11.6 Å². The van der Waals surface area contributed by atoms with E-state index in [9.17, 15) is 9.65 Å². The zero-order chi connectivity index (χ0) is 27.6. The number of benzene rings is 1. The first kappa shape index (κ1) is 25.0. The summed E-state index contributed by atoms with van der Waals surface area (Å²) in [6.07, 6.45) is 10.3. The van der Waals surface area contributed by atoms with Gasteiger partial charge in [-0.3, -0.25) is 14.3 Å². The highest BCUT2D eigenvalue weighted by atomic mass is 35.5. The summed E-state index contributed by atoms with van der Waals surface area (Å²) in [5.41, 5.74) is 3.36. The average Bonchev–Trinajstić information content (AvgIpc) is 3.76. The first-order chi connectivity index (χ1) is 19.5. The molecule has 6 aromatic rings. The van der Waals surface area contributed by atoms with Gasteiger partial charge >= 0.3 is 0 Å². The van der Waals surface area contributed by atoms with E-state index < -0.39 is 17.7 Å². The minimum absolute atomic E-state index is 0.0609. The lowest BCUT2D eigenvalue weighted by molar-refractivity contribution is 0.421. The maximum Gasteiger partial charge on any atom is 0.161 e. The molecule has 5 aromatic heterocycles. The van der Waals surface area contributed by atoms with Crippen molar-refractivity contribution < 1.29 is 8.78 Å². The normalized spacial score (nSPS) is 11.8. The number of hydrogen-bond donors (Lipinski definition) is 0. The van der Waals surface area contributed by atoms with Gasteiger partial charge in [0, 0.05) is 35.3 Å². The highest BCUT2D eigenvalue weighted by molar-refractivity contribution is 6.31. The summed E-state index contributed by atoms with van der Waals surface area (Å²) in [5, 5.41) is 28.8. The van der Waals surface area contributed by atoms with Crippen LogP contribution in [0.3, 0.4) is 0 Å². The average molecular weight is 556 g/mol. The van der Waals surface area contributed by atoms with E-state index in [4.69, 9.17) is 11.6 Å². The molecule has 0 saturated carbocycles. The van der Waals surface area contributed by atoms with Gasteiger partial charge in [0.25, 0.3) is 0 Å². The van der Waals surface area contributed by atoms with Gasteiger partial charge in [-0.25, -0.2) is 13.8 Å². The summed E-state index contributed by atoms with van der Waals surface area (Å²) in [4.78, 5) is 8.62. The van der Waals surface area contributed by atoms with Crippen molar-refractivity contribution in [2.75, 3.05) is 0 Å². The van der Waals surface area contributed by atoms with E-state index in [0.717, 1.165) is 17.3 Å². The van der Waals surface area contributed by atoms with E-state index in [0.29, 0.717) is 16.9 Å². The number of nitrogens with zero attached hydrogens (tertiary/aromatic N) is 11.